The molecule has 12 heteroatoms. The van der Waals surface area contributed by atoms with E-state index in [1.807, 2.05) is 0 Å². The fourth-order valence-electron chi connectivity index (χ4n) is 3.29. The van der Waals surface area contributed by atoms with Gasteiger partial charge in [-0.05, 0) is 30.7 Å². The summed E-state index contributed by atoms with van der Waals surface area (Å²) < 4.78 is 67.0. The highest BCUT2D eigenvalue weighted by atomic mass is 35.5. The number of halogens is 4. The van der Waals surface area contributed by atoms with Crippen molar-refractivity contribution in [3.05, 3.63) is 76.5 Å². The quantitative estimate of drug-likeness (QED) is 0.380. The maximum absolute atomic E-state index is 14.1. The molecule has 0 spiro atoms. The second-order valence-corrected chi connectivity index (χ2v) is 9.06. The standard InChI is InChI=1S/C20H14ClF3N4O3S/c1-11-18(10-27(26-11)20(23)24)32(30,31)28-16-7-12(5-6-13(16)9-25-28)8-17(29)19-14(21)3-2-4-15(19)22/h2-7,9-10,20H,8H2,1H3. The van der Waals surface area contributed by atoms with Crippen LogP contribution in [0.1, 0.15) is 28.2 Å². The van der Waals surface area contributed by atoms with Gasteiger partial charge in [0, 0.05) is 11.8 Å². The minimum atomic E-state index is -4.35. The molecule has 0 radical (unpaired) electrons. The molecule has 32 heavy (non-hydrogen) atoms. The molecule has 0 aliphatic rings. The topological polar surface area (TPSA) is 86.8 Å². The minimum absolute atomic E-state index is 0.0322. The number of hydrogen-bond acceptors (Lipinski definition) is 5. The summed E-state index contributed by atoms with van der Waals surface area (Å²) in [6, 6.07) is 8.43. The molecule has 0 saturated carbocycles. The number of alkyl halides is 2. The van der Waals surface area contributed by atoms with Gasteiger partial charge in [0.1, 0.15) is 10.7 Å². The van der Waals surface area contributed by atoms with Gasteiger partial charge in [-0.1, -0.05) is 29.8 Å². The Bertz CT molecular complexity index is 1440. The molecule has 2 aromatic heterocycles. The molecule has 0 bridgehead atoms. The fraction of sp³-hybridized carbons (Fsp3) is 0.150. The summed E-state index contributed by atoms with van der Waals surface area (Å²) in [6.07, 6.45) is 1.78. The predicted octanol–water partition coefficient (Wildman–Crippen LogP) is 4.39. The van der Waals surface area contributed by atoms with Crippen molar-refractivity contribution in [3.8, 4) is 0 Å². The van der Waals surface area contributed by atoms with E-state index in [4.69, 9.17) is 11.6 Å². The van der Waals surface area contributed by atoms with Crippen LogP contribution in [0.25, 0.3) is 10.9 Å². The Hall–Kier alpha value is -3.18. The molecule has 0 atom stereocenters. The second-order valence-electron chi connectivity index (χ2n) is 6.92. The van der Waals surface area contributed by atoms with Crippen molar-refractivity contribution < 1.29 is 26.4 Å². The van der Waals surface area contributed by atoms with E-state index in [0.29, 0.717) is 15.0 Å². The molecule has 0 unspecified atom stereocenters. The molecule has 4 aromatic rings. The van der Waals surface area contributed by atoms with Gasteiger partial charge in [0.15, 0.2) is 5.78 Å². The molecule has 166 valence electrons. The third-order valence-electron chi connectivity index (χ3n) is 4.79. The van der Waals surface area contributed by atoms with Crippen LogP contribution in [0, 0.1) is 12.7 Å². The molecule has 0 saturated heterocycles. The predicted molar refractivity (Wildman–Crippen MR) is 110 cm³/mol. The van der Waals surface area contributed by atoms with Crippen LogP contribution in [0.5, 0.6) is 0 Å². The summed E-state index contributed by atoms with van der Waals surface area (Å²) in [6.45, 7) is -1.71. The van der Waals surface area contributed by atoms with Crippen molar-refractivity contribution in [2.45, 2.75) is 24.8 Å². The molecule has 0 fully saturated rings. The number of carbonyl (C=O) groups excluding carboxylic acids is 1. The highest BCUT2D eigenvalue weighted by Gasteiger charge is 2.27. The van der Waals surface area contributed by atoms with E-state index in [1.165, 1.54) is 31.3 Å². The van der Waals surface area contributed by atoms with Crippen molar-refractivity contribution in [1.29, 1.82) is 0 Å². The SMILES string of the molecule is Cc1nn(C(F)F)cc1S(=O)(=O)n1ncc2ccc(CC(=O)c3c(F)cccc3Cl)cc21. The zero-order chi connectivity index (χ0) is 23.2. The zero-order valence-electron chi connectivity index (χ0n) is 16.3. The minimum Gasteiger partial charge on any atom is -0.294 e. The van der Waals surface area contributed by atoms with Crippen LogP contribution in [0.15, 0.2) is 53.7 Å². The Morgan fingerprint density at radius 2 is 1.97 bits per heavy atom. The first-order valence-corrected chi connectivity index (χ1v) is 10.9. The van der Waals surface area contributed by atoms with E-state index in [0.717, 1.165) is 12.3 Å². The lowest BCUT2D eigenvalue weighted by molar-refractivity contribution is 0.0561. The number of aromatic nitrogens is 4. The van der Waals surface area contributed by atoms with Gasteiger partial charge in [0.05, 0.1) is 34.2 Å². The average molecular weight is 483 g/mol. The van der Waals surface area contributed by atoms with E-state index >= 15 is 0 Å². The number of hydrogen-bond donors (Lipinski definition) is 0. The molecule has 0 aliphatic heterocycles. The van der Waals surface area contributed by atoms with Gasteiger partial charge in [-0.25, -0.2) is 9.07 Å². The van der Waals surface area contributed by atoms with Gasteiger partial charge in [-0.2, -0.15) is 31.5 Å². The smallest absolute Gasteiger partial charge is 0.294 e. The van der Waals surface area contributed by atoms with Crippen LogP contribution in [-0.4, -0.2) is 33.2 Å². The normalized spacial score (nSPS) is 12.1. The highest BCUT2D eigenvalue weighted by molar-refractivity contribution is 7.90. The van der Waals surface area contributed by atoms with Crippen molar-refractivity contribution in [2.24, 2.45) is 0 Å². The number of benzene rings is 2. The zero-order valence-corrected chi connectivity index (χ0v) is 17.9. The summed E-state index contributed by atoms with van der Waals surface area (Å²) in [4.78, 5) is 12.2. The third kappa shape index (κ3) is 3.78. The third-order valence-corrected chi connectivity index (χ3v) is 6.80. The maximum atomic E-state index is 14.1. The van der Waals surface area contributed by atoms with Crippen molar-refractivity contribution in [1.82, 2.24) is 19.0 Å². The molecule has 4 rings (SSSR count). The van der Waals surface area contributed by atoms with Crippen molar-refractivity contribution in [2.75, 3.05) is 0 Å². The fourth-order valence-corrected chi connectivity index (χ4v) is 4.99. The van der Waals surface area contributed by atoms with E-state index < -0.39 is 33.1 Å². The number of fused-ring (bicyclic) bond motifs is 1. The molecular weight excluding hydrogens is 469 g/mol. The van der Waals surface area contributed by atoms with Gasteiger partial charge in [0.25, 0.3) is 10.0 Å². The monoisotopic (exact) mass is 482 g/mol. The lowest BCUT2D eigenvalue weighted by Gasteiger charge is -2.07. The van der Waals surface area contributed by atoms with Crippen LogP contribution in [0.2, 0.25) is 5.02 Å². The molecule has 0 N–H and O–H groups in total. The number of rotatable bonds is 6. The summed E-state index contributed by atoms with van der Waals surface area (Å²) in [7, 11) is -4.35. The largest absolute Gasteiger partial charge is 0.333 e. The van der Waals surface area contributed by atoms with E-state index in [9.17, 15) is 26.4 Å². The Kier molecular flexibility index (Phi) is 5.55. The maximum Gasteiger partial charge on any atom is 0.333 e. The number of carbonyl (C=O) groups is 1. The van der Waals surface area contributed by atoms with Crippen molar-refractivity contribution >= 4 is 38.3 Å². The molecule has 2 aromatic carbocycles. The number of aryl methyl sites for hydroxylation is 1. The Morgan fingerprint density at radius 3 is 2.62 bits per heavy atom. The van der Waals surface area contributed by atoms with Gasteiger partial charge < -0.3 is 0 Å². The molecule has 2 heterocycles. The Balaban J connectivity index is 1.74. The van der Waals surface area contributed by atoms with Crippen LogP contribution in [0.3, 0.4) is 0 Å². The Labute approximate surface area is 185 Å². The van der Waals surface area contributed by atoms with Crippen LogP contribution < -0.4 is 0 Å². The summed E-state index contributed by atoms with van der Waals surface area (Å²) in [5.74, 6) is -1.35. The molecular formula is C20H14ClF3N4O3S. The first kappa shape index (κ1) is 22.0. The first-order valence-electron chi connectivity index (χ1n) is 9.13. The van der Waals surface area contributed by atoms with E-state index in [2.05, 4.69) is 10.2 Å². The van der Waals surface area contributed by atoms with Gasteiger partial charge in [0.2, 0.25) is 0 Å². The van der Waals surface area contributed by atoms with Gasteiger partial charge in [-0.3, -0.25) is 4.79 Å². The van der Waals surface area contributed by atoms with Crippen molar-refractivity contribution in [3.63, 3.8) is 0 Å². The van der Waals surface area contributed by atoms with Gasteiger partial charge in [-0.15, -0.1) is 0 Å². The lowest BCUT2D eigenvalue weighted by Crippen LogP contribution is -2.15. The van der Waals surface area contributed by atoms with Gasteiger partial charge >= 0.3 is 6.55 Å². The highest BCUT2D eigenvalue weighted by Crippen LogP contribution is 2.26. The van der Waals surface area contributed by atoms with E-state index in [-0.39, 0.29) is 32.9 Å². The molecule has 0 aliphatic carbocycles. The lowest BCUT2D eigenvalue weighted by atomic mass is 10.0. The number of Topliss-reactive ketones (excluding diaryl/α,β-unsaturated/α-hetero) is 1. The second kappa shape index (κ2) is 8.06. The number of nitrogens with zero attached hydrogens (tertiary/aromatic N) is 4. The average Bonchev–Trinajstić information content (AvgIpc) is 3.32. The first-order chi connectivity index (χ1) is 15.1. The Morgan fingerprint density at radius 1 is 1.22 bits per heavy atom. The summed E-state index contributed by atoms with van der Waals surface area (Å²) in [5, 5.41) is 7.82. The summed E-state index contributed by atoms with van der Waals surface area (Å²) >= 11 is 5.94. The molecule has 0 amide bonds. The molecule has 7 nitrogen and oxygen atoms in total. The van der Waals surface area contributed by atoms with Crippen LogP contribution in [0.4, 0.5) is 13.2 Å². The summed E-state index contributed by atoms with van der Waals surface area (Å²) in [5.41, 5.74) is 0.137. The van der Waals surface area contributed by atoms with Crippen LogP contribution >= 0.6 is 11.6 Å². The van der Waals surface area contributed by atoms with Crippen LogP contribution in [-0.2, 0) is 16.4 Å². The number of ketones is 1. The van der Waals surface area contributed by atoms with E-state index in [1.54, 1.807) is 12.1 Å².